The summed E-state index contributed by atoms with van der Waals surface area (Å²) in [7, 11) is 0. The Labute approximate surface area is 113 Å². The summed E-state index contributed by atoms with van der Waals surface area (Å²) < 4.78 is 5.35. The lowest BCUT2D eigenvalue weighted by Gasteiger charge is -2.24. The number of anilines is 1. The van der Waals surface area contributed by atoms with Gasteiger partial charge in [0.25, 0.3) is 0 Å². The summed E-state index contributed by atoms with van der Waals surface area (Å²) >= 11 is 0. The lowest BCUT2D eigenvalue weighted by molar-refractivity contribution is 0.0293. The number of carbonyl (C=O) groups excluding carboxylic acids is 1. The minimum absolute atomic E-state index is 0.211. The van der Waals surface area contributed by atoms with Crippen molar-refractivity contribution in [3.8, 4) is 0 Å². The van der Waals surface area contributed by atoms with E-state index in [1.54, 1.807) is 11.1 Å². The van der Waals surface area contributed by atoms with Crippen LogP contribution in [0.1, 0.15) is 27.2 Å². The highest BCUT2D eigenvalue weighted by atomic mass is 16.6. The third-order valence-corrected chi connectivity index (χ3v) is 2.77. The minimum Gasteiger partial charge on any atom is -0.444 e. The van der Waals surface area contributed by atoms with Gasteiger partial charge in [-0.1, -0.05) is 0 Å². The Bertz CT molecular complexity index is 430. The predicted octanol–water partition coefficient (Wildman–Crippen LogP) is 1.90. The number of aromatic nitrogens is 2. The van der Waals surface area contributed by atoms with Crippen LogP contribution in [0.2, 0.25) is 0 Å². The zero-order valence-electron chi connectivity index (χ0n) is 11.6. The summed E-state index contributed by atoms with van der Waals surface area (Å²) in [5, 5.41) is 3.29. The summed E-state index contributed by atoms with van der Waals surface area (Å²) in [6.45, 7) is 6.96. The number of hydrogen-bond donors (Lipinski definition) is 1. The molecule has 2 rings (SSSR count). The molecule has 1 aromatic heterocycles. The summed E-state index contributed by atoms with van der Waals surface area (Å²) in [6.07, 6.45) is 3.83. The normalized spacial score (nSPS) is 19.3. The second-order valence-electron chi connectivity index (χ2n) is 5.65. The first kappa shape index (κ1) is 13.6. The van der Waals surface area contributed by atoms with Gasteiger partial charge in [0, 0.05) is 25.3 Å². The number of carbonyl (C=O) groups is 1. The van der Waals surface area contributed by atoms with Gasteiger partial charge in [-0.3, -0.25) is 0 Å². The molecule has 104 valence electrons. The van der Waals surface area contributed by atoms with Crippen LogP contribution in [-0.2, 0) is 4.74 Å². The number of rotatable bonds is 2. The maximum atomic E-state index is 11.9. The molecule has 0 saturated carbocycles. The topological polar surface area (TPSA) is 67.3 Å². The van der Waals surface area contributed by atoms with Crippen LogP contribution in [0.25, 0.3) is 0 Å². The highest BCUT2D eigenvalue weighted by Crippen LogP contribution is 2.17. The standard InChI is InChI=1S/C13H20N4O2/c1-13(2,3)19-12(18)17-7-5-10(8-17)16-11-4-6-14-9-15-11/h4,6,9-10H,5,7-8H2,1-3H3,(H,14,15,16). The van der Waals surface area contributed by atoms with E-state index in [4.69, 9.17) is 4.74 Å². The summed E-state index contributed by atoms with van der Waals surface area (Å²) in [5.74, 6) is 0.783. The maximum Gasteiger partial charge on any atom is 0.410 e. The molecule has 0 bridgehead atoms. The molecule has 0 aliphatic carbocycles. The lowest BCUT2D eigenvalue weighted by atomic mass is 10.2. The third kappa shape index (κ3) is 4.08. The van der Waals surface area contributed by atoms with Crippen LogP contribution in [-0.4, -0.2) is 45.7 Å². The highest BCUT2D eigenvalue weighted by Gasteiger charge is 2.29. The van der Waals surface area contributed by atoms with Crippen LogP contribution < -0.4 is 5.32 Å². The monoisotopic (exact) mass is 264 g/mol. The number of nitrogens with one attached hydrogen (secondary N) is 1. The van der Waals surface area contributed by atoms with Gasteiger partial charge >= 0.3 is 6.09 Å². The quantitative estimate of drug-likeness (QED) is 0.883. The van der Waals surface area contributed by atoms with Crippen molar-refractivity contribution in [2.75, 3.05) is 18.4 Å². The molecule has 2 heterocycles. The zero-order valence-corrected chi connectivity index (χ0v) is 11.6. The van der Waals surface area contributed by atoms with Crippen LogP contribution in [0, 0.1) is 0 Å². The smallest absolute Gasteiger partial charge is 0.410 e. The number of nitrogens with zero attached hydrogens (tertiary/aromatic N) is 3. The van der Waals surface area contributed by atoms with E-state index in [2.05, 4.69) is 15.3 Å². The first-order chi connectivity index (χ1) is 8.94. The average molecular weight is 264 g/mol. The molecule has 1 amide bonds. The van der Waals surface area contributed by atoms with E-state index in [0.29, 0.717) is 13.1 Å². The highest BCUT2D eigenvalue weighted by molar-refractivity contribution is 5.68. The number of ether oxygens (including phenoxy) is 1. The average Bonchev–Trinajstić information content (AvgIpc) is 2.77. The van der Waals surface area contributed by atoms with Crippen molar-refractivity contribution in [2.45, 2.75) is 38.8 Å². The predicted molar refractivity (Wildman–Crippen MR) is 71.9 cm³/mol. The molecule has 1 aliphatic heterocycles. The van der Waals surface area contributed by atoms with Crippen molar-refractivity contribution in [3.05, 3.63) is 18.6 Å². The molecule has 6 nitrogen and oxygen atoms in total. The van der Waals surface area contributed by atoms with Gasteiger partial charge in [-0.05, 0) is 33.3 Å². The Kier molecular flexibility index (Phi) is 3.87. The van der Waals surface area contributed by atoms with Gasteiger partial charge in [-0.25, -0.2) is 14.8 Å². The molecule has 1 unspecified atom stereocenters. The number of hydrogen-bond acceptors (Lipinski definition) is 5. The van der Waals surface area contributed by atoms with Crippen LogP contribution >= 0.6 is 0 Å². The second kappa shape index (κ2) is 5.42. The Balaban J connectivity index is 1.85. The van der Waals surface area contributed by atoms with Crippen molar-refractivity contribution in [3.63, 3.8) is 0 Å². The number of amides is 1. The molecular weight excluding hydrogens is 244 g/mol. The fraction of sp³-hybridized carbons (Fsp3) is 0.615. The molecular formula is C13H20N4O2. The maximum absolute atomic E-state index is 11.9. The molecule has 1 N–H and O–H groups in total. The molecule has 19 heavy (non-hydrogen) atoms. The molecule has 0 aromatic carbocycles. The van der Waals surface area contributed by atoms with Crippen LogP contribution in [0.3, 0.4) is 0 Å². The Morgan fingerprint density at radius 1 is 1.53 bits per heavy atom. The van der Waals surface area contributed by atoms with E-state index >= 15 is 0 Å². The van der Waals surface area contributed by atoms with E-state index in [1.165, 1.54) is 6.33 Å². The molecule has 1 fully saturated rings. The van der Waals surface area contributed by atoms with Gasteiger partial charge in [-0.15, -0.1) is 0 Å². The summed E-state index contributed by atoms with van der Waals surface area (Å²) in [5.41, 5.74) is -0.449. The van der Waals surface area contributed by atoms with Crippen molar-refractivity contribution in [1.82, 2.24) is 14.9 Å². The van der Waals surface area contributed by atoms with E-state index in [9.17, 15) is 4.79 Å². The van der Waals surface area contributed by atoms with Crippen LogP contribution in [0.15, 0.2) is 18.6 Å². The van der Waals surface area contributed by atoms with Gasteiger partial charge in [0.05, 0.1) is 0 Å². The van der Waals surface area contributed by atoms with Crippen molar-refractivity contribution >= 4 is 11.9 Å². The van der Waals surface area contributed by atoms with E-state index in [0.717, 1.165) is 12.2 Å². The van der Waals surface area contributed by atoms with Crippen molar-refractivity contribution in [1.29, 1.82) is 0 Å². The second-order valence-corrected chi connectivity index (χ2v) is 5.65. The molecule has 6 heteroatoms. The molecule has 0 radical (unpaired) electrons. The molecule has 1 saturated heterocycles. The molecule has 0 spiro atoms. The Morgan fingerprint density at radius 2 is 2.32 bits per heavy atom. The SMILES string of the molecule is CC(C)(C)OC(=O)N1CCC(Nc2ccncn2)C1. The molecule has 1 aliphatic rings. The largest absolute Gasteiger partial charge is 0.444 e. The number of likely N-dealkylation sites (tertiary alicyclic amines) is 1. The fourth-order valence-corrected chi connectivity index (χ4v) is 1.96. The van der Waals surface area contributed by atoms with Gasteiger partial charge in [0.2, 0.25) is 0 Å². The zero-order chi connectivity index (χ0) is 13.9. The van der Waals surface area contributed by atoms with Gasteiger partial charge < -0.3 is 15.0 Å². The fourth-order valence-electron chi connectivity index (χ4n) is 1.96. The minimum atomic E-state index is -0.449. The first-order valence-corrected chi connectivity index (χ1v) is 6.44. The molecule has 1 atom stereocenters. The lowest BCUT2D eigenvalue weighted by Crippen LogP contribution is -2.36. The summed E-state index contributed by atoms with van der Waals surface area (Å²) in [6, 6.07) is 2.03. The first-order valence-electron chi connectivity index (χ1n) is 6.44. The Hall–Kier alpha value is -1.85. The van der Waals surface area contributed by atoms with E-state index < -0.39 is 5.60 Å². The van der Waals surface area contributed by atoms with Crippen molar-refractivity contribution in [2.24, 2.45) is 0 Å². The van der Waals surface area contributed by atoms with Gasteiger partial charge in [0.15, 0.2) is 0 Å². The third-order valence-electron chi connectivity index (χ3n) is 2.77. The van der Waals surface area contributed by atoms with E-state index in [-0.39, 0.29) is 12.1 Å². The van der Waals surface area contributed by atoms with Crippen molar-refractivity contribution < 1.29 is 9.53 Å². The van der Waals surface area contributed by atoms with Gasteiger partial charge in [0.1, 0.15) is 17.7 Å². The summed E-state index contributed by atoms with van der Waals surface area (Å²) in [4.78, 5) is 21.6. The Morgan fingerprint density at radius 3 is 2.95 bits per heavy atom. The molecule has 1 aromatic rings. The van der Waals surface area contributed by atoms with Gasteiger partial charge in [-0.2, -0.15) is 0 Å². The van der Waals surface area contributed by atoms with Crippen LogP contribution in [0.4, 0.5) is 10.6 Å². The van der Waals surface area contributed by atoms with Crippen LogP contribution in [0.5, 0.6) is 0 Å². The van der Waals surface area contributed by atoms with E-state index in [1.807, 2.05) is 26.8 Å².